The lowest BCUT2D eigenvalue weighted by atomic mass is 10.0. The van der Waals surface area contributed by atoms with Crippen LogP contribution in [0.2, 0.25) is 0 Å². The number of hydrogen-bond donors (Lipinski definition) is 9. The molecule has 0 radical (unpaired) electrons. The fourth-order valence-corrected chi connectivity index (χ4v) is 3.74. The minimum Gasteiger partial charge on any atom is -0.480 e. The minimum atomic E-state index is -1.21. The fourth-order valence-electron chi connectivity index (χ4n) is 3.48. The molecule has 0 aliphatic carbocycles. The molecule has 0 aromatic heterocycles. The Labute approximate surface area is 228 Å². The van der Waals surface area contributed by atoms with E-state index in [1.807, 2.05) is 0 Å². The van der Waals surface area contributed by atoms with Gasteiger partial charge in [-0.25, -0.2) is 4.79 Å². The number of carbonyl (C=O) groups is 4. The SMILES string of the molecule is NCCCCC(NC(=O)C(CS)NC(=O)C(N)CCCN=C(N)N)C(=O)NC(Cc1ccccc1)C(=O)O. The molecule has 12 N–H and O–H groups in total. The van der Waals surface area contributed by atoms with E-state index in [0.717, 1.165) is 5.56 Å². The van der Waals surface area contributed by atoms with E-state index in [1.54, 1.807) is 30.3 Å². The standard InChI is InChI=1S/C24H40N8O5S/c25-11-5-4-10-17(21(34)31-18(23(36)37)13-15-7-2-1-3-8-15)30-22(35)19(14-38)32-20(33)16(26)9-6-12-29-24(27)28/h1-3,7-8,16-19,38H,4-6,9-14,25-26H2,(H,30,35)(H,31,34)(H,32,33)(H,36,37)(H4,27,28,29). The maximum Gasteiger partial charge on any atom is 0.326 e. The first-order valence-corrected chi connectivity index (χ1v) is 13.0. The molecule has 0 fully saturated rings. The second-order valence-electron chi connectivity index (χ2n) is 8.73. The summed E-state index contributed by atoms with van der Waals surface area (Å²) >= 11 is 4.15. The van der Waals surface area contributed by atoms with Crippen molar-refractivity contribution in [2.75, 3.05) is 18.8 Å². The Bertz CT molecular complexity index is 930. The molecule has 38 heavy (non-hydrogen) atoms. The second kappa shape index (κ2) is 18.0. The van der Waals surface area contributed by atoms with Gasteiger partial charge in [0.15, 0.2) is 5.96 Å². The smallest absolute Gasteiger partial charge is 0.326 e. The van der Waals surface area contributed by atoms with Crippen molar-refractivity contribution in [2.24, 2.45) is 27.9 Å². The molecule has 0 saturated carbocycles. The van der Waals surface area contributed by atoms with Crippen LogP contribution in [0.15, 0.2) is 35.3 Å². The van der Waals surface area contributed by atoms with Gasteiger partial charge in [0.05, 0.1) is 6.04 Å². The number of nitrogens with zero attached hydrogens (tertiary/aromatic N) is 1. The molecule has 4 atom stereocenters. The van der Waals surface area contributed by atoms with Crippen LogP contribution in [0.4, 0.5) is 0 Å². The number of benzene rings is 1. The Morgan fingerprint density at radius 2 is 1.47 bits per heavy atom. The van der Waals surface area contributed by atoms with Crippen LogP contribution in [-0.2, 0) is 25.6 Å². The molecule has 1 aromatic rings. The van der Waals surface area contributed by atoms with Crippen molar-refractivity contribution in [1.82, 2.24) is 16.0 Å². The Kier molecular flexibility index (Phi) is 15.5. The van der Waals surface area contributed by atoms with Gasteiger partial charge in [0.25, 0.3) is 0 Å². The van der Waals surface area contributed by atoms with Crippen molar-refractivity contribution in [2.45, 2.75) is 62.7 Å². The monoisotopic (exact) mass is 552 g/mol. The molecule has 0 aliphatic rings. The van der Waals surface area contributed by atoms with Gasteiger partial charge >= 0.3 is 5.97 Å². The number of aliphatic imine (C=N–C) groups is 1. The summed E-state index contributed by atoms with van der Waals surface area (Å²) < 4.78 is 0. The predicted molar refractivity (Wildman–Crippen MR) is 148 cm³/mol. The van der Waals surface area contributed by atoms with E-state index < -0.39 is 47.9 Å². The number of thiol groups is 1. The van der Waals surface area contributed by atoms with Crippen molar-refractivity contribution >= 4 is 42.3 Å². The van der Waals surface area contributed by atoms with Gasteiger partial charge in [-0.1, -0.05) is 30.3 Å². The Hall–Kier alpha value is -3.36. The Balaban J connectivity index is 2.83. The molecule has 1 aromatic carbocycles. The quantitative estimate of drug-likeness (QED) is 0.0431. The van der Waals surface area contributed by atoms with Gasteiger partial charge in [0, 0.05) is 18.7 Å². The first-order chi connectivity index (χ1) is 18.1. The zero-order chi connectivity index (χ0) is 28.5. The third-order valence-electron chi connectivity index (χ3n) is 5.60. The van der Waals surface area contributed by atoms with E-state index in [2.05, 4.69) is 33.6 Å². The zero-order valence-electron chi connectivity index (χ0n) is 21.3. The third-order valence-corrected chi connectivity index (χ3v) is 5.96. The molecule has 3 amide bonds. The average Bonchev–Trinajstić information content (AvgIpc) is 2.88. The van der Waals surface area contributed by atoms with Gasteiger partial charge in [-0.15, -0.1) is 0 Å². The van der Waals surface area contributed by atoms with Gasteiger partial charge < -0.3 is 44.0 Å². The number of carbonyl (C=O) groups excluding carboxylic acids is 3. The normalized spacial score (nSPS) is 13.9. The molecule has 0 spiro atoms. The number of carboxylic acids is 1. The zero-order valence-corrected chi connectivity index (χ0v) is 22.2. The summed E-state index contributed by atoms with van der Waals surface area (Å²) in [5.41, 5.74) is 22.7. The first kappa shape index (κ1) is 32.7. The van der Waals surface area contributed by atoms with Crippen LogP contribution in [0.25, 0.3) is 0 Å². The van der Waals surface area contributed by atoms with E-state index in [1.165, 1.54) is 0 Å². The number of carboxylic acid groups (broad SMARTS) is 1. The highest BCUT2D eigenvalue weighted by atomic mass is 32.1. The number of rotatable bonds is 18. The Morgan fingerprint density at radius 1 is 0.868 bits per heavy atom. The number of nitrogens with one attached hydrogen (secondary N) is 3. The number of aliphatic carboxylic acids is 1. The van der Waals surface area contributed by atoms with Crippen LogP contribution in [0.3, 0.4) is 0 Å². The molecule has 0 aliphatic heterocycles. The molecule has 13 nitrogen and oxygen atoms in total. The van der Waals surface area contributed by atoms with Crippen molar-refractivity contribution in [3.8, 4) is 0 Å². The molecule has 1 rings (SSSR count). The molecule has 0 heterocycles. The van der Waals surface area contributed by atoms with Gasteiger partial charge in [-0.3, -0.25) is 19.4 Å². The van der Waals surface area contributed by atoms with Gasteiger partial charge in [0.2, 0.25) is 17.7 Å². The van der Waals surface area contributed by atoms with Crippen molar-refractivity contribution in [3.05, 3.63) is 35.9 Å². The maximum atomic E-state index is 13.0. The molecular formula is C24H40N8O5S. The van der Waals surface area contributed by atoms with Crippen LogP contribution in [0.5, 0.6) is 0 Å². The summed E-state index contributed by atoms with van der Waals surface area (Å²) in [7, 11) is 0. The van der Waals surface area contributed by atoms with Gasteiger partial charge in [0.1, 0.15) is 18.1 Å². The highest BCUT2D eigenvalue weighted by molar-refractivity contribution is 7.80. The van der Waals surface area contributed by atoms with Crippen LogP contribution >= 0.6 is 12.6 Å². The number of guanidine groups is 1. The third kappa shape index (κ3) is 12.7. The number of unbranched alkanes of at least 4 members (excludes halogenated alkanes) is 1. The number of nitrogens with two attached hydrogens (primary N) is 4. The van der Waals surface area contributed by atoms with E-state index in [-0.39, 0.29) is 31.0 Å². The highest BCUT2D eigenvalue weighted by Crippen LogP contribution is 2.07. The molecule has 0 saturated heterocycles. The molecule has 14 heteroatoms. The van der Waals surface area contributed by atoms with Crippen molar-refractivity contribution in [3.63, 3.8) is 0 Å². The van der Waals surface area contributed by atoms with E-state index >= 15 is 0 Å². The van der Waals surface area contributed by atoms with Gasteiger partial charge in [-0.05, 0) is 44.2 Å². The summed E-state index contributed by atoms with van der Waals surface area (Å²) in [5.74, 6) is -3.19. The van der Waals surface area contributed by atoms with E-state index in [0.29, 0.717) is 32.4 Å². The lowest BCUT2D eigenvalue weighted by molar-refractivity contribution is -0.142. The summed E-state index contributed by atoms with van der Waals surface area (Å²) in [5, 5.41) is 17.3. The van der Waals surface area contributed by atoms with Crippen molar-refractivity contribution < 1.29 is 24.3 Å². The summed E-state index contributed by atoms with van der Waals surface area (Å²) in [6.07, 6.45) is 2.16. The summed E-state index contributed by atoms with van der Waals surface area (Å²) in [6, 6.07) is 4.65. The van der Waals surface area contributed by atoms with Gasteiger partial charge in [-0.2, -0.15) is 12.6 Å². The fraction of sp³-hybridized carbons (Fsp3) is 0.542. The number of amides is 3. The molecule has 4 unspecified atom stereocenters. The summed E-state index contributed by atoms with van der Waals surface area (Å²) in [6.45, 7) is 0.700. The van der Waals surface area contributed by atoms with E-state index in [4.69, 9.17) is 22.9 Å². The van der Waals surface area contributed by atoms with Crippen molar-refractivity contribution in [1.29, 1.82) is 0 Å². The van der Waals surface area contributed by atoms with E-state index in [9.17, 15) is 24.3 Å². The second-order valence-corrected chi connectivity index (χ2v) is 9.10. The predicted octanol–water partition coefficient (Wildman–Crippen LogP) is -1.79. The maximum absolute atomic E-state index is 13.0. The lowest BCUT2D eigenvalue weighted by Crippen LogP contribution is -2.57. The lowest BCUT2D eigenvalue weighted by Gasteiger charge is -2.24. The first-order valence-electron chi connectivity index (χ1n) is 12.4. The highest BCUT2D eigenvalue weighted by Gasteiger charge is 2.29. The Morgan fingerprint density at radius 3 is 2.05 bits per heavy atom. The largest absolute Gasteiger partial charge is 0.480 e. The molecule has 0 bridgehead atoms. The van der Waals surface area contributed by atoms with Crippen LogP contribution < -0.4 is 38.9 Å². The topological polar surface area (TPSA) is 241 Å². The minimum absolute atomic E-state index is 0.0544. The van der Waals surface area contributed by atoms with Crippen LogP contribution in [0, 0.1) is 0 Å². The average molecular weight is 553 g/mol. The number of hydrogen-bond acceptors (Lipinski definition) is 8. The molecule has 212 valence electrons. The molecular weight excluding hydrogens is 512 g/mol. The van der Waals surface area contributed by atoms with Crippen LogP contribution in [0.1, 0.15) is 37.7 Å². The summed E-state index contributed by atoms with van der Waals surface area (Å²) in [4.78, 5) is 54.1. The van der Waals surface area contributed by atoms with Crippen LogP contribution in [-0.4, -0.2) is 77.8 Å².